The molecule has 4 rings (SSSR count). The largest absolute Gasteiger partial charge is 0.372 e. The fourth-order valence-electron chi connectivity index (χ4n) is 4.31. The van der Waals surface area contributed by atoms with Gasteiger partial charge in [0, 0.05) is 36.6 Å². The number of aromatic nitrogens is 2. The second-order valence-electron chi connectivity index (χ2n) is 8.21. The van der Waals surface area contributed by atoms with Crippen LogP contribution < -0.4 is 15.5 Å². The van der Waals surface area contributed by atoms with Gasteiger partial charge in [-0.3, -0.25) is 4.79 Å². The van der Waals surface area contributed by atoms with E-state index in [4.69, 9.17) is 0 Å². The van der Waals surface area contributed by atoms with Gasteiger partial charge in [-0.25, -0.2) is 9.97 Å². The summed E-state index contributed by atoms with van der Waals surface area (Å²) in [4.78, 5) is 24.0. The van der Waals surface area contributed by atoms with Gasteiger partial charge in [0.15, 0.2) is 0 Å². The molecule has 0 unspecified atom stereocenters. The Morgan fingerprint density at radius 3 is 2.34 bits per heavy atom. The van der Waals surface area contributed by atoms with Crippen LogP contribution in [0.4, 0.5) is 17.2 Å². The molecule has 29 heavy (non-hydrogen) atoms. The molecule has 6 heteroatoms. The molecule has 2 aliphatic rings. The number of nitrogens with zero attached hydrogens (tertiary/aromatic N) is 3. The number of rotatable bonds is 5. The molecule has 6 nitrogen and oxygen atoms in total. The van der Waals surface area contributed by atoms with Gasteiger partial charge in [0.05, 0.1) is 0 Å². The summed E-state index contributed by atoms with van der Waals surface area (Å²) in [6.45, 7) is 4.10. The quantitative estimate of drug-likeness (QED) is 0.728. The number of aryl methyl sites for hydroxylation is 1. The third kappa shape index (κ3) is 5.25. The van der Waals surface area contributed by atoms with Crippen LogP contribution in [0.1, 0.15) is 67.7 Å². The Labute approximate surface area is 173 Å². The summed E-state index contributed by atoms with van der Waals surface area (Å²) in [5.41, 5.74) is 2.65. The van der Waals surface area contributed by atoms with Crippen LogP contribution in [0.25, 0.3) is 0 Å². The van der Waals surface area contributed by atoms with Crippen molar-refractivity contribution in [1.82, 2.24) is 15.3 Å². The molecular weight excluding hydrogens is 362 g/mol. The summed E-state index contributed by atoms with van der Waals surface area (Å²) in [6, 6.07) is 10.4. The van der Waals surface area contributed by atoms with E-state index in [0.29, 0.717) is 17.3 Å². The average Bonchev–Trinajstić information content (AvgIpc) is 3.13. The number of carbonyl (C=O) groups excluding carboxylic acids is 1. The van der Waals surface area contributed by atoms with Crippen molar-refractivity contribution < 1.29 is 4.79 Å². The Morgan fingerprint density at radius 2 is 1.66 bits per heavy atom. The molecule has 0 bridgehead atoms. The lowest BCUT2D eigenvalue weighted by molar-refractivity contribution is 0.0928. The standard InChI is InChI=1S/C23H31N5O/c1-17-24-21(23(29)27-18-8-4-2-3-5-9-18)16-22(25-17)26-19-10-12-20(13-11-19)28-14-6-7-15-28/h10-13,16,18H,2-9,14-15H2,1H3,(H,27,29)(H,24,25,26). The molecule has 154 valence electrons. The molecule has 2 N–H and O–H groups in total. The zero-order valence-electron chi connectivity index (χ0n) is 17.3. The third-order valence-corrected chi connectivity index (χ3v) is 5.87. The predicted octanol–water partition coefficient (Wildman–Crippen LogP) is 4.58. The second-order valence-corrected chi connectivity index (χ2v) is 8.21. The van der Waals surface area contributed by atoms with Crippen LogP contribution >= 0.6 is 0 Å². The van der Waals surface area contributed by atoms with Crippen molar-refractivity contribution in [3.8, 4) is 0 Å². The van der Waals surface area contributed by atoms with E-state index in [1.54, 1.807) is 6.07 Å². The van der Waals surface area contributed by atoms with Crippen LogP contribution in [0.3, 0.4) is 0 Å². The van der Waals surface area contributed by atoms with E-state index < -0.39 is 0 Å². The number of amides is 1. The van der Waals surface area contributed by atoms with Gasteiger partial charge in [-0.1, -0.05) is 25.7 Å². The summed E-state index contributed by atoms with van der Waals surface area (Å²) in [6.07, 6.45) is 9.57. The molecule has 2 aromatic rings. The summed E-state index contributed by atoms with van der Waals surface area (Å²) in [5.74, 6) is 1.14. The molecule has 2 fully saturated rings. The first-order valence-electron chi connectivity index (χ1n) is 11.0. The third-order valence-electron chi connectivity index (χ3n) is 5.87. The lowest BCUT2D eigenvalue weighted by atomic mass is 10.1. The molecule has 1 aromatic carbocycles. The predicted molar refractivity (Wildman–Crippen MR) is 117 cm³/mol. The highest BCUT2D eigenvalue weighted by Gasteiger charge is 2.18. The van der Waals surface area contributed by atoms with E-state index in [-0.39, 0.29) is 11.9 Å². The molecule has 1 saturated carbocycles. The number of carbonyl (C=O) groups is 1. The smallest absolute Gasteiger partial charge is 0.270 e. The Kier molecular flexibility index (Phi) is 6.27. The summed E-state index contributed by atoms with van der Waals surface area (Å²) in [5, 5.41) is 6.49. The minimum atomic E-state index is -0.102. The fourth-order valence-corrected chi connectivity index (χ4v) is 4.31. The zero-order chi connectivity index (χ0) is 20.1. The van der Waals surface area contributed by atoms with E-state index in [9.17, 15) is 4.79 Å². The number of hydrogen-bond acceptors (Lipinski definition) is 5. The van der Waals surface area contributed by atoms with Gasteiger partial charge in [-0.2, -0.15) is 0 Å². The van der Waals surface area contributed by atoms with E-state index in [1.165, 1.54) is 44.2 Å². The van der Waals surface area contributed by atoms with E-state index in [0.717, 1.165) is 31.6 Å². The minimum Gasteiger partial charge on any atom is -0.372 e. The van der Waals surface area contributed by atoms with Crippen molar-refractivity contribution in [2.45, 2.75) is 64.3 Å². The van der Waals surface area contributed by atoms with Gasteiger partial charge in [-0.15, -0.1) is 0 Å². The number of hydrogen-bond donors (Lipinski definition) is 2. The summed E-state index contributed by atoms with van der Waals surface area (Å²) in [7, 11) is 0. The van der Waals surface area contributed by atoms with Crippen LogP contribution in [0.5, 0.6) is 0 Å². The van der Waals surface area contributed by atoms with E-state index >= 15 is 0 Å². The van der Waals surface area contributed by atoms with Crippen molar-refractivity contribution in [2.24, 2.45) is 0 Å². The first kappa shape index (κ1) is 19.7. The van der Waals surface area contributed by atoms with Crippen molar-refractivity contribution in [1.29, 1.82) is 0 Å². The molecule has 1 aromatic heterocycles. The van der Waals surface area contributed by atoms with Crippen molar-refractivity contribution >= 4 is 23.1 Å². The van der Waals surface area contributed by atoms with Crippen LogP contribution in [-0.4, -0.2) is 35.0 Å². The Balaban J connectivity index is 1.42. The van der Waals surface area contributed by atoms with Crippen LogP contribution in [-0.2, 0) is 0 Å². The Bertz CT molecular complexity index is 822. The van der Waals surface area contributed by atoms with Gasteiger partial charge >= 0.3 is 0 Å². The highest BCUT2D eigenvalue weighted by molar-refractivity contribution is 5.93. The molecule has 1 aliphatic carbocycles. The Hall–Kier alpha value is -2.63. The van der Waals surface area contributed by atoms with Crippen molar-refractivity contribution in [3.63, 3.8) is 0 Å². The molecule has 1 saturated heterocycles. The average molecular weight is 394 g/mol. The molecule has 2 heterocycles. The molecular formula is C23H31N5O. The maximum atomic E-state index is 12.7. The van der Waals surface area contributed by atoms with Crippen LogP contribution in [0.15, 0.2) is 30.3 Å². The highest BCUT2D eigenvalue weighted by atomic mass is 16.1. The monoisotopic (exact) mass is 393 g/mol. The minimum absolute atomic E-state index is 0.102. The maximum Gasteiger partial charge on any atom is 0.270 e. The molecule has 0 atom stereocenters. The van der Waals surface area contributed by atoms with Gasteiger partial charge in [0.25, 0.3) is 5.91 Å². The molecule has 0 spiro atoms. The highest BCUT2D eigenvalue weighted by Crippen LogP contribution is 2.24. The lowest BCUT2D eigenvalue weighted by Gasteiger charge is -2.18. The second kappa shape index (κ2) is 9.25. The van der Waals surface area contributed by atoms with Crippen molar-refractivity contribution in [3.05, 3.63) is 41.9 Å². The van der Waals surface area contributed by atoms with E-state index in [1.807, 2.05) is 6.92 Å². The first-order chi connectivity index (χ1) is 14.2. The lowest BCUT2D eigenvalue weighted by Crippen LogP contribution is -2.35. The summed E-state index contributed by atoms with van der Waals surface area (Å²) < 4.78 is 0. The number of nitrogens with one attached hydrogen (secondary N) is 2. The van der Waals surface area contributed by atoms with Gasteiger partial charge < -0.3 is 15.5 Å². The topological polar surface area (TPSA) is 70.2 Å². The molecule has 1 amide bonds. The van der Waals surface area contributed by atoms with Gasteiger partial charge in [0.1, 0.15) is 17.3 Å². The van der Waals surface area contributed by atoms with Crippen molar-refractivity contribution in [2.75, 3.05) is 23.3 Å². The maximum absolute atomic E-state index is 12.7. The normalized spacial score (nSPS) is 17.8. The summed E-state index contributed by atoms with van der Waals surface area (Å²) >= 11 is 0. The van der Waals surface area contributed by atoms with Gasteiger partial charge in [0.2, 0.25) is 0 Å². The Morgan fingerprint density at radius 1 is 0.966 bits per heavy atom. The number of benzene rings is 1. The van der Waals surface area contributed by atoms with Gasteiger partial charge in [-0.05, 0) is 56.9 Å². The van der Waals surface area contributed by atoms with Crippen LogP contribution in [0, 0.1) is 6.92 Å². The fraction of sp³-hybridized carbons (Fsp3) is 0.522. The zero-order valence-corrected chi connectivity index (χ0v) is 17.3. The molecule has 1 aliphatic heterocycles. The molecule has 0 radical (unpaired) electrons. The first-order valence-corrected chi connectivity index (χ1v) is 11.0. The SMILES string of the molecule is Cc1nc(Nc2ccc(N3CCCC3)cc2)cc(C(=O)NC2CCCCCC2)n1. The van der Waals surface area contributed by atoms with Crippen LogP contribution in [0.2, 0.25) is 0 Å². The van der Waals surface area contributed by atoms with E-state index in [2.05, 4.69) is 49.8 Å². The number of anilines is 3.